The molecule has 0 aromatic heterocycles. The van der Waals surface area contributed by atoms with Gasteiger partial charge >= 0.3 is 12.0 Å². The van der Waals surface area contributed by atoms with Gasteiger partial charge in [-0.05, 0) is 31.0 Å². The minimum Gasteiger partial charge on any atom is -0.481 e. The number of rotatable bonds is 6. The molecule has 0 aliphatic rings. The first kappa shape index (κ1) is 15.5. The summed E-state index contributed by atoms with van der Waals surface area (Å²) in [6.45, 7) is 1.51. The highest BCUT2D eigenvalue weighted by Gasteiger charge is 2.14. The van der Waals surface area contributed by atoms with Gasteiger partial charge in [-0.15, -0.1) is 0 Å². The number of anilines is 1. The van der Waals surface area contributed by atoms with Crippen LogP contribution in [0.5, 0.6) is 0 Å². The van der Waals surface area contributed by atoms with Gasteiger partial charge in [-0.2, -0.15) is 0 Å². The number of amides is 3. The Bertz CT molecular complexity index is 516. The van der Waals surface area contributed by atoms with Crippen LogP contribution in [0.2, 0.25) is 0 Å². The maximum Gasteiger partial charge on any atom is 0.312 e. The fraction of sp³-hybridized carbons (Fsp3) is 0.308. The molecule has 0 bridgehead atoms. The van der Waals surface area contributed by atoms with Crippen LogP contribution >= 0.6 is 0 Å². The van der Waals surface area contributed by atoms with Crippen LogP contribution in [0.25, 0.3) is 0 Å². The summed E-state index contributed by atoms with van der Waals surface area (Å²) in [5.41, 5.74) is 6.28. The molecule has 0 saturated carbocycles. The smallest absolute Gasteiger partial charge is 0.312 e. The van der Waals surface area contributed by atoms with Crippen molar-refractivity contribution < 1.29 is 19.5 Å². The second-order valence-electron chi connectivity index (χ2n) is 4.31. The molecule has 0 aliphatic heterocycles. The predicted molar refractivity (Wildman–Crippen MR) is 73.2 cm³/mol. The number of carbonyl (C=O) groups is 3. The fourth-order valence-corrected chi connectivity index (χ4v) is 1.59. The van der Waals surface area contributed by atoms with Gasteiger partial charge in [-0.25, -0.2) is 4.79 Å². The van der Waals surface area contributed by atoms with E-state index in [9.17, 15) is 14.4 Å². The third-order valence-corrected chi connectivity index (χ3v) is 2.57. The summed E-state index contributed by atoms with van der Waals surface area (Å²) < 4.78 is 0. The Labute approximate surface area is 116 Å². The quantitative estimate of drug-likeness (QED) is 0.612. The fourth-order valence-electron chi connectivity index (χ4n) is 1.59. The molecule has 20 heavy (non-hydrogen) atoms. The van der Waals surface area contributed by atoms with Crippen molar-refractivity contribution in [3.63, 3.8) is 0 Å². The highest BCUT2D eigenvalue weighted by atomic mass is 16.4. The van der Waals surface area contributed by atoms with Crippen molar-refractivity contribution in [2.24, 2.45) is 5.73 Å². The largest absolute Gasteiger partial charge is 0.481 e. The van der Waals surface area contributed by atoms with Gasteiger partial charge in [0.25, 0.3) is 0 Å². The number of benzene rings is 1. The monoisotopic (exact) mass is 279 g/mol. The zero-order chi connectivity index (χ0) is 15.1. The topological polar surface area (TPSA) is 122 Å². The molecule has 0 saturated heterocycles. The predicted octanol–water partition coefficient (Wildman–Crippen LogP) is 0.699. The zero-order valence-electron chi connectivity index (χ0n) is 11.1. The van der Waals surface area contributed by atoms with Gasteiger partial charge in [0.15, 0.2) is 0 Å². The van der Waals surface area contributed by atoms with Crippen molar-refractivity contribution in [3.05, 3.63) is 29.8 Å². The van der Waals surface area contributed by atoms with Crippen molar-refractivity contribution >= 4 is 23.6 Å². The van der Waals surface area contributed by atoms with Crippen molar-refractivity contribution in [2.45, 2.75) is 25.8 Å². The minimum absolute atomic E-state index is 0.0248. The van der Waals surface area contributed by atoms with Gasteiger partial charge in [0, 0.05) is 12.1 Å². The first-order valence-corrected chi connectivity index (χ1v) is 6.06. The van der Waals surface area contributed by atoms with E-state index in [0.717, 1.165) is 5.56 Å². The molecule has 5 N–H and O–H groups in total. The summed E-state index contributed by atoms with van der Waals surface area (Å²) >= 11 is 0. The van der Waals surface area contributed by atoms with E-state index in [1.807, 2.05) is 0 Å². The van der Waals surface area contributed by atoms with Crippen LogP contribution in [-0.2, 0) is 16.0 Å². The molecule has 1 aromatic carbocycles. The molecule has 0 fully saturated rings. The summed E-state index contributed by atoms with van der Waals surface area (Å²) in [6.07, 6.45) is 0.408. The van der Waals surface area contributed by atoms with Crippen LogP contribution in [0.4, 0.5) is 10.5 Å². The highest BCUT2D eigenvalue weighted by molar-refractivity contribution is 5.96. The number of hydrogen-bond donors (Lipinski definition) is 4. The summed E-state index contributed by atoms with van der Waals surface area (Å²) in [4.78, 5) is 32.9. The molecule has 3 amide bonds. The van der Waals surface area contributed by atoms with Gasteiger partial charge in [0.2, 0.25) is 5.91 Å². The molecule has 1 unspecified atom stereocenters. The zero-order valence-corrected chi connectivity index (χ0v) is 11.1. The first-order valence-electron chi connectivity index (χ1n) is 6.06. The number of aryl methyl sites for hydroxylation is 1. The summed E-state index contributed by atoms with van der Waals surface area (Å²) in [7, 11) is 0. The standard InChI is InChI=1S/C13H17N3O4/c1-8(15-13(14)20)12(19)16-10-4-2-3-9(7-10)5-6-11(17)18/h2-4,7-8H,5-6H2,1H3,(H,16,19)(H,17,18)(H3,14,15,20). The molecule has 1 rings (SSSR count). The Kier molecular flexibility index (Phi) is 5.52. The number of hydrogen-bond acceptors (Lipinski definition) is 3. The summed E-state index contributed by atoms with van der Waals surface area (Å²) in [5, 5.41) is 13.5. The van der Waals surface area contributed by atoms with Gasteiger partial charge in [-0.3, -0.25) is 9.59 Å². The van der Waals surface area contributed by atoms with Crippen LogP contribution in [-0.4, -0.2) is 29.1 Å². The number of aliphatic carboxylic acids is 1. The average Bonchev–Trinajstić information content (AvgIpc) is 2.36. The summed E-state index contributed by atoms with van der Waals surface area (Å²) in [5.74, 6) is -1.28. The minimum atomic E-state index is -0.876. The molecular weight excluding hydrogens is 262 g/mol. The Morgan fingerprint density at radius 1 is 1.35 bits per heavy atom. The van der Waals surface area contributed by atoms with E-state index in [1.165, 1.54) is 6.92 Å². The molecule has 108 valence electrons. The van der Waals surface area contributed by atoms with E-state index in [-0.39, 0.29) is 6.42 Å². The molecule has 0 radical (unpaired) electrons. The van der Waals surface area contributed by atoms with Crippen molar-refractivity contribution in [1.29, 1.82) is 0 Å². The van der Waals surface area contributed by atoms with E-state index in [0.29, 0.717) is 12.1 Å². The maximum atomic E-state index is 11.7. The molecule has 0 heterocycles. The van der Waals surface area contributed by atoms with Gasteiger partial charge in [0.1, 0.15) is 6.04 Å². The van der Waals surface area contributed by atoms with Gasteiger partial charge < -0.3 is 21.5 Å². The van der Waals surface area contributed by atoms with E-state index in [4.69, 9.17) is 10.8 Å². The third-order valence-electron chi connectivity index (χ3n) is 2.57. The Morgan fingerprint density at radius 3 is 2.65 bits per heavy atom. The van der Waals surface area contributed by atoms with E-state index in [1.54, 1.807) is 24.3 Å². The average molecular weight is 279 g/mol. The summed E-state index contributed by atoms with van der Waals surface area (Å²) in [6, 6.07) is 5.35. The lowest BCUT2D eigenvalue weighted by molar-refractivity contribution is -0.137. The number of carboxylic acids is 1. The van der Waals surface area contributed by atoms with Crippen molar-refractivity contribution in [2.75, 3.05) is 5.32 Å². The lowest BCUT2D eigenvalue weighted by atomic mass is 10.1. The first-order chi connectivity index (χ1) is 9.38. The molecule has 7 nitrogen and oxygen atoms in total. The van der Waals surface area contributed by atoms with Gasteiger partial charge in [0.05, 0.1) is 0 Å². The molecule has 7 heteroatoms. The van der Waals surface area contributed by atoms with Crippen LogP contribution < -0.4 is 16.4 Å². The van der Waals surface area contributed by atoms with Crippen LogP contribution in [0.3, 0.4) is 0 Å². The number of carbonyl (C=O) groups excluding carboxylic acids is 2. The van der Waals surface area contributed by atoms with Crippen LogP contribution in [0.15, 0.2) is 24.3 Å². The van der Waals surface area contributed by atoms with E-state index < -0.39 is 23.9 Å². The molecule has 1 aromatic rings. The van der Waals surface area contributed by atoms with Crippen molar-refractivity contribution in [3.8, 4) is 0 Å². The second kappa shape index (κ2) is 7.13. The Hall–Kier alpha value is -2.57. The number of nitrogens with one attached hydrogen (secondary N) is 2. The second-order valence-corrected chi connectivity index (χ2v) is 4.31. The van der Waals surface area contributed by atoms with Crippen LogP contribution in [0, 0.1) is 0 Å². The molecule has 0 aliphatic carbocycles. The maximum absolute atomic E-state index is 11.7. The normalized spacial score (nSPS) is 11.4. The lowest BCUT2D eigenvalue weighted by Crippen LogP contribution is -2.44. The van der Waals surface area contributed by atoms with Crippen LogP contribution in [0.1, 0.15) is 18.9 Å². The van der Waals surface area contributed by atoms with Gasteiger partial charge in [-0.1, -0.05) is 12.1 Å². The Morgan fingerprint density at radius 2 is 2.05 bits per heavy atom. The Balaban J connectivity index is 2.63. The SMILES string of the molecule is CC(NC(N)=O)C(=O)Nc1cccc(CCC(=O)O)c1. The molecular formula is C13H17N3O4. The number of primary amides is 1. The number of nitrogens with two attached hydrogens (primary N) is 1. The number of urea groups is 1. The highest BCUT2D eigenvalue weighted by Crippen LogP contribution is 2.12. The lowest BCUT2D eigenvalue weighted by Gasteiger charge is -2.13. The molecule has 1 atom stereocenters. The van der Waals surface area contributed by atoms with E-state index in [2.05, 4.69) is 10.6 Å². The number of carboxylic acid groups (broad SMARTS) is 1. The third kappa shape index (κ3) is 5.38. The van der Waals surface area contributed by atoms with E-state index >= 15 is 0 Å². The van der Waals surface area contributed by atoms with Crippen molar-refractivity contribution in [1.82, 2.24) is 5.32 Å². The molecule has 0 spiro atoms.